The predicted molar refractivity (Wildman–Crippen MR) is 77.0 cm³/mol. The highest BCUT2D eigenvalue weighted by Crippen LogP contribution is 2.13. The van der Waals surface area contributed by atoms with Gasteiger partial charge in [0.25, 0.3) is 5.91 Å². The van der Waals surface area contributed by atoms with E-state index in [4.69, 9.17) is 9.47 Å². The number of rotatable bonds is 8. The molecule has 1 aromatic rings. The molecular formula is C15H23NO4. The first kappa shape index (κ1) is 16.5. The number of hydrogen-bond donors (Lipinski definition) is 2. The highest BCUT2D eigenvalue weighted by molar-refractivity contribution is 5.94. The molecule has 0 heterocycles. The number of benzene rings is 1. The van der Waals surface area contributed by atoms with E-state index in [1.54, 1.807) is 24.3 Å². The van der Waals surface area contributed by atoms with Crippen LogP contribution in [0.25, 0.3) is 0 Å². The lowest BCUT2D eigenvalue weighted by molar-refractivity contribution is 0.0587. The number of hydrogen-bond acceptors (Lipinski definition) is 4. The minimum absolute atomic E-state index is 0.108. The van der Waals surface area contributed by atoms with Crippen molar-refractivity contribution < 1.29 is 19.4 Å². The van der Waals surface area contributed by atoms with Gasteiger partial charge in [-0.15, -0.1) is 0 Å². The van der Waals surface area contributed by atoms with Gasteiger partial charge in [0.1, 0.15) is 5.75 Å². The molecule has 1 atom stereocenters. The van der Waals surface area contributed by atoms with E-state index in [0.29, 0.717) is 18.5 Å². The Morgan fingerprint density at radius 1 is 1.30 bits per heavy atom. The Hall–Kier alpha value is -1.59. The van der Waals surface area contributed by atoms with Crippen molar-refractivity contribution in [3.8, 4) is 5.75 Å². The van der Waals surface area contributed by atoms with Gasteiger partial charge in [0.05, 0.1) is 18.8 Å². The van der Waals surface area contributed by atoms with Crippen molar-refractivity contribution in [3.63, 3.8) is 0 Å². The molecule has 5 nitrogen and oxygen atoms in total. The van der Waals surface area contributed by atoms with Crippen LogP contribution < -0.4 is 10.1 Å². The minimum Gasteiger partial charge on any atom is -0.491 e. The highest BCUT2D eigenvalue weighted by Gasteiger charge is 2.08. The zero-order valence-electron chi connectivity index (χ0n) is 12.3. The molecule has 0 spiro atoms. The Labute approximate surface area is 119 Å². The summed E-state index contributed by atoms with van der Waals surface area (Å²) in [4.78, 5) is 11.9. The summed E-state index contributed by atoms with van der Waals surface area (Å²) >= 11 is 0. The Balaban J connectivity index is 2.39. The molecule has 0 aliphatic carbocycles. The molecule has 1 amide bonds. The van der Waals surface area contributed by atoms with Crippen molar-refractivity contribution in [1.82, 2.24) is 5.32 Å². The first-order valence-corrected chi connectivity index (χ1v) is 6.75. The third-order valence-corrected chi connectivity index (χ3v) is 2.61. The number of amides is 1. The smallest absolute Gasteiger partial charge is 0.251 e. The molecule has 5 heteroatoms. The molecule has 1 unspecified atom stereocenters. The number of methoxy groups -OCH3 is 1. The van der Waals surface area contributed by atoms with Gasteiger partial charge in [-0.1, -0.05) is 0 Å². The number of nitrogens with one attached hydrogen (secondary N) is 1. The summed E-state index contributed by atoms with van der Waals surface area (Å²) in [5, 5.41) is 12.2. The maximum absolute atomic E-state index is 11.9. The van der Waals surface area contributed by atoms with Gasteiger partial charge in [0, 0.05) is 19.2 Å². The van der Waals surface area contributed by atoms with Crippen LogP contribution in [0, 0.1) is 0 Å². The largest absolute Gasteiger partial charge is 0.491 e. The van der Waals surface area contributed by atoms with Crippen LogP contribution in [0.2, 0.25) is 0 Å². The van der Waals surface area contributed by atoms with Crippen LogP contribution in [-0.2, 0) is 4.74 Å². The number of carbonyl (C=O) groups excluding carboxylic acids is 1. The lowest BCUT2D eigenvalue weighted by Gasteiger charge is -2.11. The molecule has 0 fully saturated rings. The van der Waals surface area contributed by atoms with E-state index in [-0.39, 0.29) is 18.6 Å². The fourth-order valence-corrected chi connectivity index (χ4v) is 1.69. The molecular weight excluding hydrogens is 258 g/mol. The van der Waals surface area contributed by atoms with E-state index in [0.717, 1.165) is 5.75 Å². The molecule has 112 valence electrons. The first-order chi connectivity index (χ1) is 9.52. The van der Waals surface area contributed by atoms with Crippen LogP contribution in [0.3, 0.4) is 0 Å². The molecule has 0 bridgehead atoms. The summed E-state index contributed by atoms with van der Waals surface area (Å²) in [6, 6.07) is 6.99. The molecule has 0 saturated heterocycles. The Morgan fingerprint density at radius 3 is 2.50 bits per heavy atom. The Morgan fingerprint density at radius 2 is 1.95 bits per heavy atom. The predicted octanol–water partition coefficient (Wildman–Crippen LogP) is 1.60. The van der Waals surface area contributed by atoms with Crippen molar-refractivity contribution in [1.29, 1.82) is 0 Å². The van der Waals surface area contributed by atoms with Gasteiger partial charge in [-0.3, -0.25) is 4.79 Å². The molecule has 1 rings (SSSR count). The van der Waals surface area contributed by atoms with Gasteiger partial charge in [-0.25, -0.2) is 0 Å². The third kappa shape index (κ3) is 6.04. The summed E-state index contributed by atoms with van der Waals surface area (Å²) in [5.74, 6) is 0.581. The quantitative estimate of drug-likeness (QED) is 0.759. The zero-order chi connectivity index (χ0) is 15.0. The Bertz CT molecular complexity index is 403. The van der Waals surface area contributed by atoms with E-state index < -0.39 is 6.10 Å². The van der Waals surface area contributed by atoms with Gasteiger partial charge in [0.15, 0.2) is 0 Å². The summed E-state index contributed by atoms with van der Waals surface area (Å²) in [7, 11) is 1.53. The van der Waals surface area contributed by atoms with Gasteiger partial charge < -0.3 is 19.9 Å². The van der Waals surface area contributed by atoms with E-state index in [1.807, 2.05) is 13.8 Å². The van der Waals surface area contributed by atoms with Crippen LogP contribution >= 0.6 is 0 Å². The lowest BCUT2D eigenvalue weighted by atomic mass is 10.2. The van der Waals surface area contributed by atoms with Crippen LogP contribution in [0.4, 0.5) is 0 Å². The second-order valence-corrected chi connectivity index (χ2v) is 4.84. The topological polar surface area (TPSA) is 67.8 Å². The number of ether oxygens (including phenoxy) is 2. The molecule has 0 aliphatic heterocycles. The summed E-state index contributed by atoms with van der Waals surface area (Å²) in [5.41, 5.74) is 0.572. The van der Waals surface area contributed by atoms with Crippen molar-refractivity contribution >= 4 is 5.91 Å². The highest BCUT2D eigenvalue weighted by atomic mass is 16.5. The third-order valence-electron chi connectivity index (χ3n) is 2.61. The molecule has 0 radical (unpaired) electrons. The molecule has 2 N–H and O–H groups in total. The zero-order valence-corrected chi connectivity index (χ0v) is 12.3. The van der Waals surface area contributed by atoms with Crippen LogP contribution in [-0.4, -0.2) is 43.5 Å². The summed E-state index contributed by atoms with van der Waals surface area (Å²) < 4.78 is 10.3. The fraction of sp³-hybridized carbons (Fsp3) is 0.533. The van der Waals surface area contributed by atoms with Gasteiger partial charge in [-0.05, 0) is 44.5 Å². The molecule has 1 aromatic carbocycles. The van der Waals surface area contributed by atoms with E-state index >= 15 is 0 Å². The second-order valence-electron chi connectivity index (χ2n) is 4.84. The normalized spacial score (nSPS) is 12.2. The SMILES string of the molecule is COCC(O)CCNC(=O)c1ccc(OC(C)C)cc1. The van der Waals surface area contributed by atoms with Crippen LogP contribution in [0.1, 0.15) is 30.6 Å². The standard InChI is InChI=1S/C15H23NO4/c1-11(2)20-14-6-4-12(5-7-14)15(18)16-9-8-13(17)10-19-3/h4-7,11,13,17H,8-10H2,1-3H3,(H,16,18). The maximum atomic E-state index is 11.9. The van der Waals surface area contributed by atoms with E-state index in [2.05, 4.69) is 5.32 Å². The van der Waals surface area contributed by atoms with Crippen molar-refractivity contribution in [2.45, 2.75) is 32.5 Å². The van der Waals surface area contributed by atoms with Crippen molar-refractivity contribution in [3.05, 3.63) is 29.8 Å². The monoisotopic (exact) mass is 281 g/mol. The Kier molecular flexibility index (Phi) is 7.04. The minimum atomic E-state index is -0.554. The fourth-order valence-electron chi connectivity index (χ4n) is 1.69. The number of aliphatic hydroxyl groups is 1. The lowest BCUT2D eigenvalue weighted by Crippen LogP contribution is -2.28. The molecule has 0 aliphatic rings. The number of aliphatic hydroxyl groups excluding tert-OH is 1. The van der Waals surface area contributed by atoms with Crippen LogP contribution in [0.15, 0.2) is 24.3 Å². The van der Waals surface area contributed by atoms with Crippen molar-refractivity contribution in [2.24, 2.45) is 0 Å². The molecule has 0 saturated carbocycles. The first-order valence-electron chi connectivity index (χ1n) is 6.75. The van der Waals surface area contributed by atoms with Crippen LogP contribution in [0.5, 0.6) is 5.75 Å². The van der Waals surface area contributed by atoms with Gasteiger partial charge in [0.2, 0.25) is 0 Å². The molecule has 0 aromatic heterocycles. The van der Waals surface area contributed by atoms with Crippen molar-refractivity contribution in [2.75, 3.05) is 20.3 Å². The second kappa shape index (κ2) is 8.55. The molecule has 20 heavy (non-hydrogen) atoms. The maximum Gasteiger partial charge on any atom is 0.251 e. The summed E-state index contributed by atoms with van der Waals surface area (Å²) in [6.07, 6.45) is 0.0211. The van der Waals surface area contributed by atoms with Gasteiger partial charge >= 0.3 is 0 Å². The average molecular weight is 281 g/mol. The summed E-state index contributed by atoms with van der Waals surface area (Å²) in [6.45, 7) is 4.59. The van der Waals surface area contributed by atoms with E-state index in [9.17, 15) is 9.90 Å². The average Bonchev–Trinajstić information content (AvgIpc) is 2.39. The van der Waals surface area contributed by atoms with E-state index in [1.165, 1.54) is 7.11 Å². The number of carbonyl (C=O) groups is 1. The van der Waals surface area contributed by atoms with Gasteiger partial charge in [-0.2, -0.15) is 0 Å².